The summed E-state index contributed by atoms with van der Waals surface area (Å²) in [6, 6.07) is 11.7. The number of benzene rings is 2. The van der Waals surface area contributed by atoms with Gasteiger partial charge in [0.25, 0.3) is 0 Å². The van der Waals surface area contributed by atoms with Crippen molar-refractivity contribution >= 4 is 57.9 Å². The lowest BCUT2D eigenvalue weighted by Gasteiger charge is -2.49. The Labute approximate surface area is 303 Å². The summed E-state index contributed by atoms with van der Waals surface area (Å²) in [6.45, 7) is 7.98. The van der Waals surface area contributed by atoms with E-state index in [0.29, 0.717) is 23.4 Å². The molecule has 15 heteroatoms. The number of likely N-dealkylation sites (N-methyl/N-ethyl adjacent to an activating group) is 1. The van der Waals surface area contributed by atoms with Crippen LogP contribution < -0.4 is 10.1 Å². The number of esters is 1. The molecule has 0 radical (unpaired) electrons. The highest BCUT2D eigenvalue weighted by Crippen LogP contribution is 2.42. The highest BCUT2D eigenvalue weighted by molar-refractivity contribution is 7.86. The molecule has 5 amide bonds. The number of halogens is 1. The molecule has 272 valence electrons. The van der Waals surface area contributed by atoms with Gasteiger partial charge in [0.05, 0.1) is 18.8 Å². The molecular formula is C36H41ClN4O9S. The largest absolute Gasteiger partial charge is 0.497 e. The monoisotopic (exact) mass is 740 g/mol. The zero-order valence-corrected chi connectivity index (χ0v) is 30.7. The maximum Gasteiger partial charge on any atom is 0.355 e. The van der Waals surface area contributed by atoms with Crippen molar-refractivity contribution in [3.05, 3.63) is 76.5 Å². The first kappa shape index (κ1) is 37.7. The SMILES string of the molecule is CCN1CCN(C(=O)N[C@H](C(=O)C[C@@H]2C(=O)N3C(C(=O)OCc4ccc(OC)cc4)=C(CCl)CS(=O)[C@H]23)c2cccc(C(C)(C)C)c2)C(=O)C1=O. The third kappa shape index (κ3) is 7.71. The van der Waals surface area contributed by atoms with Crippen LogP contribution in [0.4, 0.5) is 4.79 Å². The number of fused-ring (bicyclic) bond motifs is 1. The fraction of sp³-hybridized carbons (Fsp3) is 0.444. The molecular weight excluding hydrogens is 700 g/mol. The van der Waals surface area contributed by atoms with Gasteiger partial charge in [0, 0.05) is 42.7 Å². The average Bonchev–Trinajstić information content (AvgIpc) is 3.12. The molecule has 2 aromatic carbocycles. The number of methoxy groups -OCH3 is 1. The molecule has 0 saturated carbocycles. The number of β-lactam (4-membered cyclic amide) rings is 1. The third-order valence-electron chi connectivity index (χ3n) is 9.23. The summed E-state index contributed by atoms with van der Waals surface area (Å²) >= 11 is 6.14. The highest BCUT2D eigenvalue weighted by atomic mass is 35.5. The molecule has 4 atom stereocenters. The Kier molecular flexibility index (Phi) is 11.3. The van der Waals surface area contributed by atoms with Gasteiger partial charge in [0.15, 0.2) is 5.78 Å². The van der Waals surface area contributed by atoms with Crippen molar-refractivity contribution in [2.24, 2.45) is 5.92 Å². The smallest absolute Gasteiger partial charge is 0.355 e. The molecule has 0 aromatic heterocycles. The molecule has 2 fully saturated rings. The second-order valence-electron chi connectivity index (χ2n) is 13.5. The Morgan fingerprint density at radius 2 is 1.75 bits per heavy atom. The number of ketones is 1. The zero-order valence-electron chi connectivity index (χ0n) is 29.1. The molecule has 51 heavy (non-hydrogen) atoms. The molecule has 2 aromatic rings. The number of rotatable bonds is 11. The van der Waals surface area contributed by atoms with Crippen molar-refractivity contribution in [2.75, 3.05) is 38.4 Å². The molecule has 0 aliphatic carbocycles. The molecule has 1 unspecified atom stereocenters. The molecule has 5 rings (SSSR count). The van der Waals surface area contributed by atoms with Gasteiger partial charge in [-0.25, -0.2) is 9.59 Å². The first-order chi connectivity index (χ1) is 24.2. The summed E-state index contributed by atoms with van der Waals surface area (Å²) in [6.07, 6.45) is -0.419. The van der Waals surface area contributed by atoms with Gasteiger partial charge in [-0.1, -0.05) is 57.2 Å². The van der Waals surface area contributed by atoms with Crippen LogP contribution in [0.5, 0.6) is 5.75 Å². The van der Waals surface area contributed by atoms with Crippen molar-refractivity contribution in [3.63, 3.8) is 0 Å². The van der Waals surface area contributed by atoms with Crippen LogP contribution in [0.1, 0.15) is 56.8 Å². The number of hydrogen-bond donors (Lipinski definition) is 1. The molecule has 3 heterocycles. The topological polar surface area (TPSA) is 160 Å². The number of Topliss-reactive ketones (excluding diaryl/α,β-unsaturated/α-hetero) is 1. The summed E-state index contributed by atoms with van der Waals surface area (Å²) in [5, 5.41) is 1.63. The summed E-state index contributed by atoms with van der Waals surface area (Å²) in [5.41, 5.74) is 1.83. The Balaban J connectivity index is 1.37. The fourth-order valence-electron chi connectivity index (χ4n) is 6.27. The summed E-state index contributed by atoms with van der Waals surface area (Å²) in [5.74, 6) is -4.52. The Bertz CT molecular complexity index is 1810. The number of ether oxygens (including phenoxy) is 2. The van der Waals surface area contributed by atoms with E-state index in [4.69, 9.17) is 21.1 Å². The molecule has 3 aliphatic heterocycles. The fourth-order valence-corrected chi connectivity index (χ4v) is 8.38. The minimum Gasteiger partial charge on any atom is -0.497 e. The standard InChI is InChI=1S/C36H41ClN4O9S/c1-6-39-14-15-40(32(45)31(39)44)35(47)38-28(22-8-7-9-24(16-22)36(2,3)4)27(42)17-26-30(43)41-29(23(18-37)20-51(48)33(26)41)34(46)50-19-21-10-12-25(49-5)13-11-21/h7-13,16,26,28,33H,6,14-15,17-20H2,1-5H3,(H,38,47)/t26-,28+,33-,51?/m1/s1. The van der Waals surface area contributed by atoms with Gasteiger partial charge in [-0.15, -0.1) is 11.6 Å². The van der Waals surface area contributed by atoms with Crippen LogP contribution in [0, 0.1) is 5.92 Å². The van der Waals surface area contributed by atoms with Gasteiger partial charge in [0.2, 0.25) is 5.91 Å². The van der Waals surface area contributed by atoms with Gasteiger partial charge >= 0.3 is 23.8 Å². The number of hydrogen-bond acceptors (Lipinski definition) is 9. The third-order valence-corrected chi connectivity index (χ3v) is 11.3. The molecule has 0 spiro atoms. The first-order valence-electron chi connectivity index (χ1n) is 16.5. The molecule has 1 N–H and O–H groups in total. The van der Waals surface area contributed by atoms with Crippen molar-refractivity contribution in [1.29, 1.82) is 0 Å². The number of nitrogens with one attached hydrogen (secondary N) is 1. The van der Waals surface area contributed by atoms with Gasteiger partial charge in [0.1, 0.15) is 29.5 Å². The maximum atomic E-state index is 14.1. The van der Waals surface area contributed by atoms with E-state index in [2.05, 4.69) is 5.32 Å². The number of nitrogens with zero attached hydrogens (tertiary/aromatic N) is 3. The van der Waals surface area contributed by atoms with Crippen molar-refractivity contribution < 1.29 is 42.4 Å². The van der Waals surface area contributed by atoms with Crippen LogP contribution >= 0.6 is 11.6 Å². The predicted octanol–water partition coefficient (Wildman–Crippen LogP) is 3.18. The second kappa shape index (κ2) is 15.4. The Morgan fingerprint density at radius 1 is 1.04 bits per heavy atom. The number of amides is 5. The van der Waals surface area contributed by atoms with Crippen LogP contribution in [0.3, 0.4) is 0 Å². The summed E-state index contributed by atoms with van der Waals surface area (Å²) in [4.78, 5) is 83.3. The van der Waals surface area contributed by atoms with Gasteiger partial charge < -0.3 is 19.7 Å². The lowest BCUT2D eigenvalue weighted by Crippen LogP contribution is -2.66. The molecule has 13 nitrogen and oxygen atoms in total. The quantitative estimate of drug-likeness (QED) is 0.158. The summed E-state index contributed by atoms with van der Waals surface area (Å²) in [7, 11) is -0.168. The van der Waals surface area contributed by atoms with Crippen LogP contribution in [-0.4, -0.2) is 98.2 Å². The zero-order chi connectivity index (χ0) is 37.2. The molecule has 3 aliphatic rings. The Morgan fingerprint density at radius 3 is 2.37 bits per heavy atom. The van der Waals surface area contributed by atoms with E-state index >= 15 is 0 Å². The number of carbonyl (C=O) groups excluding carboxylic acids is 6. The van der Waals surface area contributed by atoms with Crippen LogP contribution in [0.15, 0.2) is 59.8 Å². The van der Waals surface area contributed by atoms with E-state index in [0.717, 1.165) is 15.4 Å². The summed E-state index contributed by atoms with van der Waals surface area (Å²) < 4.78 is 24.2. The van der Waals surface area contributed by atoms with Gasteiger partial charge in [-0.2, -0.15) is 0 Å². The van der Waals surface area contributed by atoms with Crippen molar-refractivity contribution in [2.45, 2.75) is 57.6 Å². The number of alkyl halides is 1. The number of urea groups is 1. The van der Waals surface area contributed by atoms with Gasteiger partial charge in [-0.3, -0.25) is 33.2 Å². The van der Waals surface area contributed by atoms with Crippen LogP contribution in [-0.2, 0) is 51.5 Å². The van der Waals surface area contributed by atoms with Crippen LogP contribution in [0.25, 0.3) is 0 Å². The van der Waals surface area contributed by atoms with E-state index in [1.54, 1.807) is 49.4 Å². The van der Waals surface area contributed by atoms with Crippen molar-refractivity contribution in [3.8, 4) is 5.75 Å². The lowest BCUT2D eigenvalue weighted by atomic mass is 9.83. The lowest BCUT2D eigenvalue weighted by molar-refractivity contribution is -0.156. The average molecular weight is 741 g/mol. The molecule has 2 saturated heterocycles. The van der Waals surface area contributed by atoms with E-state index < -0.39 is 70.1 Å². The minimum atomic E-state index is -1.70. The van der Waals surface area contributed by atoms with Crippen LogP contribution in [0.2, 0.25) is 0 Å². The number of carbonyl (C=O) groups is 6. The number of piperazine rings is 1. The Hall–Kier alpha value is -4.56. The van der Waals surface area contributed by atoms with Crippen molar-refractivity contribution in [1.82, 2.24) is 20.0 Å². The van der Waals surface area contributed by atoms with E-state index in [9.17, 15) is 33.0 Å². The molecule has 0 bridgehead atoms. The highest BCUT2D eigenvalue weighted by Gasteiger charge is 2.57. The van der Waals surface area contributed by atoms with E-state index in [-0.39, 0.29) is 48.0 Å². The predicted molar refractivity (Wildman–Crippen MR) is 188 cm³/mol. The second-order valence-corrected chi connectivity index (χ2v) is 15.3. The van der Waals surface area contributed by atoms with Gasteiger partial charge in [-0.05, 0) is 46.7 Å². The minimum absolute atomic E-state index is 0.0586. The first-order valence-corrected chi connectivity index (χ1v) is 18.4. The van der Waals surface area contributed by atoms with E-state index in [1.807, 2.05) is 26.8 Å². The van der Waals surface area contributed by atoms with E-state index in [1.165, 1.54) is 12.0 Å². The normalized spacial score (nSPS) is 21.2. The maximum absolute atomic E-state index is 14.1. The number of imide groups is 1.